The summed E-state index contributed by atoms with van der Waals surface area (Å²) in [5.41, 5.74) is 2.47. The summed E-state index contributed by atoms with van der Waals surface area (Å²) in [5, 5.41) is 7.75. The first kappa shape index (κ1) is 22.5. The van der Waals surface area contributed by atoms with Crippen molar-refractivity contribution in [2.45, 2.75) is 32.8 Å². The fourth-order valence-corrected chi connectivity index (χ4v) is 3.62. The lowest BCUT2D eigenvalue weighted by Crippen LogP contribution is -2.43. The van der Waals surface area contributed by atoms with Gasteiger partial charge in [0, 0.05) is 33.4 Å². The molecular weight excluding hydrogens is 465 g/mol. The molecule has 0 saturated carbocycles. The lowest BCUT2D eigenvalue weighted by molar-refractivity contribution is 0.221. The summed E-state index contributed by atoms with van der Waals surface area (Å²) in [6.07, 6.45) is 6.41. The average Bonchev–Trinajstić information content (AvgIpc) is 3.27. The van der Waals surface area contributed by atoms with Crippen LogP contribution in [0.4, 0.5) is 0 Å². The number of likely N-dealkylation sites (tertiary alicyclic amines) is 1. The van der Waals surface area contributed by atoms with Crippen LogP contribution >= 0.6 is 24.0 Å². The van der Waals surface area contributed by atoms with Crippen LogP contribution in [0.25, 0.3) is 0 Å². The van der Waals surface area contributed by atoms with E-state index < -0.39 is 0 Å². The first-order valence-electron chi connectivity index (χ1n) is 9.70. The van der Waals surface area contributed by atoms with Crippen molar-refractivity contribution in [2.24, 2.45) is 18.0 Å². The highest BCUT2D eigenvalue weighted by Crippen LogP contribution is 2.21. The Morgan fingerprint density at radius 2 is 2.18 bits per heavy atom. The van der Waals surface area contributed by atoms with Gasteiger partial charge >= 0.3 is 0 Å². The first-order valence-corrected chi connectivity index (χ1v) is 9.70. The number of ether oxygens (including phenoxy) is 1. The van der Waals surface area contributed by atoms with Gasteiger partial charge in [-0.1, -0.05) is 18.2 Å². The Morgan fingerprint density at radius 3 is 2.86 bits per heavy atom. The van der Waals surface area contributed by atoms with Gasteiger partial charge in [-0.05, 0) is 49.8 Å². The molecule has 2 aromatic rings. The number of para-hydroxylation sites is 1. The molecule has 7 heteroatoms. The van der Waals surface area contributed by atoms with E-state index in [1.807, 2.05) is 43.2 Å². The summed E-state index contributed by atoms with van der Waals surface area (Å²) in [7, 11) is 3.82. The molecule has 1 fully saturated rings. The number of halogens is 1. The van der Waals surface area contributed by atoms with Crippen molar-refractivity contribution in [1.29, 1.82) is 0 Å². The number of rotatable bonds is 6. The van der Waals surface area contributed by atoms with E-state index in [1.54, 1.807) is 0 Å². The third kappa shape index (κ3) is 6.12. The van der Waals surface area contributed by atoms with Gasteiger partial charge in [-0.3, -0.25) is 9.67 Å². The topological polar surface area (TPSA) is 54.7 Å². The number of hydrogen-bond acceptors (Lipinski definition) is 3. The second-order valence-electron chi connectivity index (χ2n) is 7.45. The van der Waals surface area contributed by atoms with Crippen LogP contribution in [0, 0.1) is 12.8 Å². The number of aromatic nitrogens is 2. The zero-order chi connectivity index (χ0) is 19.2. The minimum absolute atomic E-state index is 0. The first-order chi connectivity index (χ1) is 13.0. The summed E-state index contributed by atoms with van der Waals surface area (Å²) in [6, 6.07) is 8.13. The SMILES string of the molecule is CN=C(NCC(C)Oc1ccccc1C)N1CCC(Cc2cnn(C)c2)C1.I. The highest BCUT2D eigenvalue weighted by Gasteiger charge is 2.25. The zero-order valence-electron chi connectivity index (χ0n) is 17.3. The van der Waals surface area contributed by atoms with Gasteiger partial charge in [0.2, 0.25) is 0 Å². The van der Waals surface area contributed by atoms with Crippen LogP contribution in [-0.2, 0) is 13.5 Å². The van der Waals surface area contributed by atoms with Gasteiger partial charge in [0.1, 0.15) is 11.9 Å². The lowest BCUT2D eigenvalue weighted by Gasteiger charge is -2.24. The van der Waals surface area contributed by atoms with Crippen molar-refractivity contribution in [3.63, 3.8) is 0 Å². The number of nitrogens with zero attached hydrogens (tertiary/aromatic N) is 4. The standard InChI is InChI=1S/C21H31N5O.HI/c1-16-7-5-6-8-20(16)27-17(2)12-23-21(22-3)26-10-9-18(15-26)11-19-13-24-25(4)14-19;/h5-8,13-14,17-18H,9-12,15H2,1-4H3,(H,22,23);1H. The molecule has 0 bridgehead atoms. The molecule has 0 spiro atoms. The molecule has 1 aliphatic heterocycles. The van der Waals surface area contributed by atoms with E-state index in [9.17, 15) is 0 Å². The van der Waals surface area contributed by atoms with Crippen LogP contribution < -0.4 is 10.1 Å². The molecule has 0 amide bonds. The highest BCUT2D eigenvalue weighted by atomic mass is 127. The van der Waals surface area contributed by atoms with Gasteiger partial charge in [-0.15, -0.1) is 24.0 Å². The van der Waals surface area contributed by atoms with Crippen molar-refractivity contribution < 1.29 is 4.74 Å². The lowest BCUT2D eigenvalue weighted by atomic mass is 10.0. The summed E-state index contributed by atoms with van der Waals surface area (Å²) in [4.78, 5) is 6.82. The second kappa shape index (κ2) is 10.7. The maximum Gasteiger partial charge on any atom is 0.193 e. The monoisotopic (exact) mass is 497 g/mol. The van der Waals surface area contributed by atoms with Crippen LogP contribution in [0.3, 0.4) is 0 Å². The van der Waals surface area contributed by atoms with E-state index in [0.29, 0.717) is 5.92 Å². The van der Waals surface area contributed by atoms with Crippen LogP contribution in [0.2, 0.25) is 0 Å². The predicted molar refractivity (Wildman–Crippen MR) is 125 cm³/mol. The Kier molecular flexibility index (Phi) is 8.59. The van der Waals surface area contributed by atoms with Gasteiger partial charge in [0.25, 0.3) is 0 Å². The van der Waals surface area contributed by atoms with Gasteiger partial charge in [-0.2, -0.15) is 5.10 Å². The molecule has 1 aliphatic rings. The minimum atomic E-state index is 0. The quantitative estimate of drug-likeness (QED) is 0.378. The normalized spacial score (nSPS) is 17.9. The molecule has 0 aliphatic carbocycles. The van der Waals surface area contributed by atoms with Gasteiger partial charge in [0.05, 0.1) is 12.7 Å². The molecule has 1 aromatic heterocycles. The smallest absolute Gasteiger partial charge is 0.193 e. The largest absolute Gasteiger partial charge is 0.489 e. The van der Waals surface area contributed by atoms with Crippen LogP contribution in [0.1, 0.15) is 24.5 Å². The molecule has 2 unspecified atom stereocenters. The minimum Gasteiger partial charge on any atom is -0.489 e. The van der Waals surface area contributed by atoms with E-state index in [-0.39, 0.29) is 30.1 Å². The van der Waals surface area contributed by atoms with Crippen molar-refractivity contribution in [2.75, 3.05) is 26.7 Å². The maximum absolute atomic E-state index is 6.06. The van der Waals surface area contributed by atoms with Crippen LogP contribution in [0.5, 0.6) is 5.75 Å². The molecule has 2 atom stereocenters. The molecule has 2 heterocycles. The third-order valence-electron chi connectivity index (χ3n) is 5.05. The Morgan fingerprint density at radius 1 is 1.39 bits per heavy atom. The van der Waals surface area contributed by atoms with Crippen LogP contribution in [0.15, 0.2) is 41.7 Å². The predicted octanol–water partition coefficient (Wildman–Crippen LogP) is 3.25. The summed E-state index contributed by atoms with van der Waals surface area (Å²) in [6.45, 7) is 6.95. The summed E-state index contributed by atoms with van der Waals surface area (Å²) in [5.74, 6) is 2.55. The van der Waals surface area contributed by atoms with Gasteiger partial charge < -0.3 is 15.0 Å². The number of aliphatic imine (C=N–C) groups is 1. The summed E-state index contributed by atoms with van der Waals surface area (Å²) < 4.78 is 7.93. The van der Waals surface area contributed by atoms with E-state index in [2.05, 4.69) is 46.4 Å². The molecule has 1 saturated heterocycles. The third-order valence-corrected chi connectivity index (χ3v) is 5.05. The highest BCUT2D eigenvalue weighted by molar-refractivity contribution is 14.0. The van der Waals surface area contributed by atoms with Crippen molar-refractivity contribution >= 4 is 29.9 Å². The Bertz CT molecular complexity index is 776. The Labute approximate surface area is 185 Å². The van der Waals surface area contributed by atoms with E-state index in [1.165, 1.54) is 12.0 Å². The molecule has 1 aromatic carbocycles. The van der Waals surface area contributed by atoms with Crippen LogP contribution in [-0.4, -0.2) is 53.4 Å². The van der Waals surface area contributed by atoms with E-state index in [0.717, 1.165) is 43.3 Å². The van der Waals surface area contributed by atoms with E-state index >= 15 is 0 Å². The second-order valence-corrected chi connectivity index (χ2v) is 7.45. The number of guanidine groups is 1. The zero-order valence-corrected chi connectivity index (χ0v) is 19.6. The van der Waals surface area contributed by atoms with Gasteiger partial charge in [0.15, 0.2) is 5.96 Å². The Hall–Kier alpha value is -1.77. The molecule has 28 heavy (non-hydrogen) atoms. The molecule has 6 nitrogen and oxygen atoms in total. The molecule has 0 radical (unpaired) electrons. The number of hydrogen-bond donors (Lipinski definition) is 1. The summed E-state index contributed by atoms with van der Waals surface area (Å²) >= 11 is 0. The number of aryl methyl sites for hydroxylation is 2. The fourth-order valence-electron chi connectivity index (χ4n) is 3.62. The van der Waals surface area contributed by atoms with Crippen molar-refractivity contribution in [3.05, 3.63) is 47.8 Å². The number of nitrogens with one attached hydrogen (secondary N) is 1. The average molecular weight is 497 g/mol. The molecule has 3 rings (SSSR count). The number of benzene rings is 1. The molecule has 1 N–H and O–H groups in total. The van der Waals surface area contributed by atoms with Crippen molar-refractivity contribution in [3.8, 4) is 5.75 Å². The van der Waals surface area contributed by atoms with Crippen molar-refractivity contribution in [1.82, 2.24) is 20.0 Å². The fraction of sp³-hybridized carbons (Fsp3) is 0.524. The maximum atomic E-state index is 6.06. The molecule has 154 valence electrons. The van der Waals surface area contributed by atoms with Gasteiger partial charge in [-0.25, -0.2) is 0 Å². The van der Waals surface area contributed by atoms with E-state index in [4.69, 9.17) is 4.74 Å². The Balaban J connectivity index is 0.00000280. The molecular formula is C21H32IN5O.